The van der Waals surface area contributed by atoms with Gasteiger partial charge in [0.05, 0.1) is 17.6 Å². The van der Waals surface area contributed by atoms with Gasteiger partial charge in [-0.2, -0.15) is 0 Å². The highest BCUT2D eigenvalue weighted by atomic mass is 16.5. The van der Waals surface area contributed by atoms with Gasteiger partial charge in [-0.1, -0.05) is 30.3 Å². The topological polar surface area (TPSA) is 59.7 Å². The largest absolute Gasteiger partial charge is 0.507 e. The molecule has 0 aliphatic rings. The Morgan fingerprint density at radius 1 is 1.19 bits per heavy atom. The number of carbonyl (C=O) groups excluding carboxylic acids is 1. The minimum absolute atomic E-state index is 0.00137. The second-order valence-electron chi connectivity index (χ2n) is 4.60. The molecule has 0 aliphatic carbocycles. The maximum Gasteiger partial charge on any atom is 0.338 e. The molecule has 21 heavy (non-hydrogen) atoms. The van der Waals surface area contributed by atoms with Gasteiger partial charge < -0.3 is 14.3 Å². The van der Waals surface area contributed by atoms with Crippen molar-refractivity contribution in [2.24, 2.45) is 0 Å². The quantitative estimate of drug-likeness (QED) is 0.738. The van der Waals surface area contributed by atoms with Crippen LogP contribution in [0.1, 0.15) is 17.3 Å². The third-order valence-electron chi connectivity index (χ3n) is 3.19. The molecule has 0 aliphatic heterocycles. The van der Waals surface area contributed by atoms with E-state index in [1.807, 2.05) is 30.3 Å². The van der Waals surface area contributed by atoms with Crippen LogP contribution in [0, 0.1) is 0 Å². The standard InChI is InChI=1S/C17H14O4/c1-2-20-17(19)12-8-14(18)13-10-15(21-16(13)9-12)11-6-4-3-5-7-11/h3-10,18H,2H2,1H3. The Balaban J connectivity index is 2.09. The van der Waals surface area contributed by atoms with Crippen molar-refractivity contribution < 1.29 is 19.1 Å². The predicted octanol–water partition coefficient (Wildman–Crippen LogP) is 3.98. The molecule has 4 heteroatoms. The average molecular weight is 282 g/mol. The maximum atomic E-state index is 11.7. The summed E-state index contributed by atoms with van der Waals surface area (Å²) in [6.45, 7) is 2.02. The van der Waals surface area contributed by atoms with Crippen molar-refractivity contribution in [3.63, 3.8) is 0 Å². The Labute approximate surface area is 121 Å². The van der Waals surface area contributed by atoms with Gasteiger partial charge >= 0.3 is 5.97 Å². The maximum absolute atomic E-state index is 11.7. The van der Waals surface area contributed by atoms with Crippen molar-refractivity contribution in [2.45, 2.75) is 6.92 Å². The van der Waals surface area contributed by atoms with Crippen LogP contribution in [-0.4, -0.2) is 17.7 Å². The van der Waals surface area contributed by atoms with E-state index >= 15 is 0 Å². The molecule has 0 spiro atoms. The minimum atomic E-state index is -0.479. The van der Waals surface area contributed by atoms with Crippen LogP contribution in [0.3, 0.4) is 0 Å². The lowest BCUT2D eigenvalue weighted by atomic mass is 10.1. The van der Waals surface area contributed by atoms with Gasteiger partial charge in [-0.25, -0.2) is 4.79 Å². The molecule has 1 heterocycles. The normalized spacial score (nSPS) is 10.7. The Hall–Kier alpha value is -2.75. The zero-order valence-electron chi connectivity index (χ0n) is 11.5. The van der Waals surface area contributed by atoms with Crippen molar-refractivity contribution in [1.82, 2.24) is 0 Å². The van der Waals surface area contributed by atoms with E-state index < -0.39 is 5.97 Å². The van der Waals surface area contributed by atoms with Crippen LogP contribution in [0.15, 0.2) is 52.9 Å². The molecule has 3 rings (SSSR count). The first-order valence-electron chi connectivity index (χ1n) is 6.68. The van der Waals surface area contributed by atoms with Crippen molar-refractivity contribution >= 4 is 16.9 Å². The lowest BCUT2D eigenvalue weighted by Gasteiger charge is -2.02. The van der Waals surface area contributed by atoms with Crippen molar-refractivity contribution in [2.75, 3.05) is 6.61 Å². The number of hydrogen-bond acceptors (Lipinski definition) is 4. The van der Waals surface area contributed by atoms with Crippen LogP contribution in [0.2, 0.25) is 0 Å². The number of esters is 1. The number of hydrogen-bond donors (Lipinski definition) is 1. The van der Waals surface area contributed by atoms with E-state index in [9.17, 15) is 9.90 Å². The highest BCUT2D eigenvalue weighted by Gasteiger charge is 2.15. The molecular formula is C17H14O4. The van der Waals surface area contributed by atoms with Crippen molar-refractivity contribution in [1.29, 1.82) is 0 Å². The van der Waals surface area contributed by atoms with E-state index in [2.05, 4.69) is 0 Å². The molecular weight excluding hydrogens is 268 g/mol. The number of ether oxygens (including phenoxy) is 1. The SMILES string of the molecule is CCOC(=O)c1cc(O)c2cc(-c3ccccc3)oc2c1. The Bertz CT molecular complexity index is 787. The molecule has 0 atom stereocenters. The second-order valence-corrected chi connectivity index (χ2v) is 4.60. The first-order valence-corrected chi connectivity index (χ1v) is 6.68. The molecule has 1 aromatic heterocycles. The Morgan fingerprint density at radius 3 is 2.67 bits per heavy atom. The number of furan rings is 1. The highest BCUT2D eigenvalue weighted by Crippen LogP contribution is 2.34. The third-order valence-corrected chi connectivity index (χ3v) is 3.19. The smallest absolute Gasteiger partial charge is 0.338 e. The number of carbonyl (C=O) groups is 1. The van der Waals surface area contributed by atoms with E-state index in [1.165, 1.54) is 6.07 Å². The number of rotatable bonds is 3. The van der Waals surface area contributed by atoms with Crippen molar-refractivity contribution in [3.8, 4) is 17.1 Å². The van der Waals surface area contributed by atoms with Gasteiger partial charge in [-0.3, -0.25) is 0 Å². The van der Waals surface area contributed by atoms with Gasteiger partial charge in [0.25, 0.3) is 0 Å². The zero-order valence-corrected chi connectivity index (χ0v) is 11.5. The number of phenols is 1. The lowest BCUT2D eigenvalue weighted by Crippen LogP contribution is -2.04. The van der Waals surface area contributed by atoms with Gasteiger partial charge in [0.2, 0.25) is 0 Å². The van der Waals surface area contributed by atoms with E-state index in [1.54, 1.807) is 19.1 Å². The molecule has 0 unspecified atom stereocenters. The van der Waals surface area contributed by atoms with Crippen molar-refractivity contribution in [3.05, 3.63) is 54.1 Å². The van der Waals surface area contributed by atoms with Gasteiger partial charge in [-0.15, -0.1) is 0 Å². The summed E-state index contributed by atoms with van der Waals surface area (Å²) in [5.74, 6) is 0.163. The molecule has 4 nitrogen and oxygen atoms in total. The molecule has 0 fully saturated rings. The lowest BCUT2D eigenvalue weighted by molar-refractivity contribution is 0.0526. The first kappa shape index (κ1) is 13.2. The predicted molar refractivity (Wildman–Crippen MR) is 79.3 cm³/mol. The molecule has 2 aromatic carbocycles. The number of fused-ring (bicyclic) bond motifs is 1. The number of aromatic hydroxyl groups is 1. The second kappa shape index (κ2) is 5.32. The fraction of sp³-hybridized carbons (Fsp3) is 0.118. The molecule has 0 saturated heterocycles. The van der Waals surface area contributed by atoms with E-state index in [0.29, 0.717) is 16.7 Å². The van der Waals surface area contributed by atoms with E-state index in [-0.39, 0.29) is 17.9 Å². The molecule has 0 amide bonds. The molecule has 0 radical (unpaired) electrons. The minimum Gasteiger partial charge on any atom is -0.507 e. The summed E-state index contributed by atoms with van der Waals surface area (Å²) in [5, 5.41) is 10.6. The fourth-order valence-corrected chi connectivity index (χ4v) is 2.20. The van der Waals surface area contributed by atoms with Gasteiger partial charge in [-0.05, 0) is 25.1 Å². The van der Waals surface area contributed by atoms with E-state index in [4.69, 9.17) is 9.15 Å². The van der Waals surface area contributed by atoms with Crippen LogP contribution in [-0.2, 0) is 4.74 Å². The molecule has 0 bridgehead atoms. The monoisotopic (exact) mass is 282 g/mol. The summed E-state index contributed by atoms with van der Waals surface area (Å²) in [5.41, 5.74) is 1.64. The van der Waals surface area contributed by atoms with Crippen LogP contribution < -0.4 is 0 Å². The average Bonchev–Trinajstić information content (AvgIpc) is 2.93. The molecule has 0 saturated carbocycles. The fourth-order valence-electron chi connectivity index (χ4n) is 2.20. The molecule has 3 aromatic rings. The van der Waals surface area contributed by atoms with Crippen LogP contribution in [0.25, 0.3) is 22.3 Å². The Morgan fingerprint density at radius 2 is 1.95 bits per heavy atom. The summed E-state index contributed by atoms with van der Waals surface area (Å²) in [4.78, 5) is 11.7. The number of benzene rings is 2. The van der Waals surface area contributed by atoms with Gasteiger partial charge in [0.1, 0.15) is 17.1 Å². The summed E-state index contributed by atoms with van der Waals surface area (Å²) < 4.78 is 10.7. The Kier molecular flexibility index (Phi) is 3.36. The van der Waals surface area contributed by atoms with Gasteiger partial charge in [0, 0.05) is 5.56 Å². The summed E-state index contributed by atoms with van der Waals surface area (Å²) in [6.07, 6.45) is 0. The van der Waals surface area contributed by atoms with Gasteiger partial charge in [0.15, 0.2) is 0 Å². The van der Waals surface area contributed by atoms with Crippen LogP contribution in [0.5, 0.6) is 5.75 Å². The number of phenolic OH excluding ortho intramolecular Hbond substituents is 1. The zero-order chi connectivity index (χ0) is 14.8. The molecule has 1 N–H and O–H groups in total. The summed E-state index contributed by atoms with van der Waals surface area (Å²) >= 11 is 0. The van der Waals surface area contributed by atoms with Crippen LogP contribution in [0.4, 0.5) is 0 Å². The highest BCUT2D eigenvalue weighted by molar-refractivity contribution is 5.97. The summed E-state index contributed by atoms with van der Waals surface area (Å²) in [6, 6.07) is 14.3. The van der Waals surface area contributed by atoms with E-state index in [0.717, 1.165) is 5.56 Å². The molecule has 106 valence electrons. The van der Waals surface area contributed by atoms with Crippen LogP contribution >= 0.6 is 0 Å². The third kappa shape index (κ3) is 2.48. The first-order chi connectivity index (χ1) is 10.2. The summed E-state index contributed by atoms with van der Waals surface area (Å²) in [7, 11) is 0.